The lowest BCUT2D eigenvalue weighted by atomic mass is 10.2. The number of hydrogen-bond donors (Lipinski definition) is 0. The second-order valence-electron chi connectivity index (χ2n) is 4.36. The van der Waals surface area contributed by atoms with Crippen LogP contribution in [0, 0.1) is 33.2 Å². The largest absolute Gasteiger partial charge is 0.304 e. The van der Waals surface area contributed by atoms with Crippen LogP contribution in [-0.2, 0) is 10.0 Å². The number of nitrogens with zero attached hydrogens (tertiary/aromatic N) is 3. The average Bonchev–Trinajstić information content (AvgIpc) is 2.43. The zero-order chi connectivity index (χ0) is 16.2. The van der Waals surface area contributed by atoms with Gasteiger partial charge in [-0.1, -0.05) is 6.92 Å². The summed E-state index contributed by atoms with van der Waals surface area (Å²) < 4.78 is 39.2. The Morgan fingerprint density at radius 3 is 2.57 bits per heavy atom. The Labute approximate surface area is 121 Å². The third-order valence-electron chi connectivity index (χ3n) is 2.80. The maximum Gasteiger partial charge on any atom is 0.304 e. The van der Waals surface area contributed by atoms with Gasteiger partial charge in [0.05, 0.1) is 21.8 Å². The van der Waals surface area contributed by atoms with Gasteiger partial charge in [0, 0.05) is 25.2 Å². The minimum atomic E-state index is -4.00. The minimum Gasteiger partial charge on any atom is -0.258 e. The van der Waals surface area contributed by atoms with E-state index in [2.05, 4.69) is 0 Å². The highest BCUT2D eigenvalue weighted by Crippen LogP contribution is 2.23. The predicted molar refractivity (Wildman–Crippen MR) is 72.3 cm³/mol. The summed E-state index contributed by atoms with van der Waals surface area (Å²) in [5.41, 5.74) is -0.789. The van der Waals surface area contributed by atoms with Crippen molar-refractivity contribution in [3.63, 3.8) is 0 Å². The predicted octanol–water partition coefficient (Wildman–Crippen LogP) is 1.90. The molecule has 1 aromatic rings. The standard InChI is InChI=1S/C12H14FN3O4S/c1-3-15(8-9(2)7-14)21(19,20)10-4-5-12(16(17)18)11(13)6-10/h4-6,9H,3,8H2,1-2H3. The van der Waals surface area contributed by atoms with E-state index in [4.69, 9.17) is 5.26 Å². The Kier molecular flexibility index (Phi) is 5.34. The first-order valence-electron chi connectivity index (χ1n) is 6.07. The number of rotatable bonds is 6. The molecule has 114 valence electrons. The van der Waals surface area contributed by atoms with Gasteiger partial charge in [0.1, 0.15) is 0 Å². The van der Waals surface area contributed by atoms with Crippen LogP contribution in [0.25, 0.3) is 0 Å². The number of nitro groups is 1. The van der Waals surface area contributed by atoms with Gasteiger partial charge in [-0.3, -0.25) is 10.1 Å². The van der Waals surface area contributed by atoms with E-state index in [0.717, 1.165) is 16.4 Å². The minimum absolute atomic E-state index is 0.0338. The number of nitriles is 1. The Morgan fingerprint density at radius 1 is 1.52 bits per heavy atom. The third-order valence-corrected chi connectivity index (χ3v) is 4.74. The van der Waals surface area contributed by atoms with E-state index in [1.807, 2.05) is 6.07 Å². The van der Waals surface area contributed by atoms with Gasteiger partial charge in [0.15, 0.2) is 0 Å². The molecular weight excluding hydrogens is 301 g/mol. The number of sulfonamides is 1. The van der Waals surface area contributed by atoms with Crippen LogP contribution in [0.1, 0.15) is 13.8 Å². The first-order chi connectivity index (χ1) is 9.73. The highest BCUT2D eigenvalue weighted by atomic mass is 32.2. The summed E-state index contributed by atoms with van der Waals surface area (Å²) in [7, 11) is -4.00. The summed E-state index contributed by atoms with van der Waals surface area (Å²) in [5.74, 6) is -1.74. The lowest BCUT2D eigenvalue weighted by Crippen LogP contribution is -2.34. The van der Waals surface area contributed by atoms with Crippen LogP contribution in [0.3, 0.4) is 0 Å². The van der Waals surface area contributed by atoms with E-state index in [9.17, 15) is 22.9 Å². The maximum atomic E-state index is 13.6. The zero-order valence-electron chi connectivity index (χ0n) is 11.5. The molecule has 1 rings (SSSR count). The average molecular weight is 315 g/mol. The van der Waals surface area contributed by atoms with Crippen molar-refractivity contribution in [2.45, 2.75) is 18.7 Å². The monoisotopic (exact) mass is 315 g/mol. The molecule has 0 fully saturated rings. The van der Waals surface area contributed by atoms with E-state index in [-0.39, 0.29) is 18.0 Å². The summed E-state index contributed by atoms with van der Waals surface area (Å²) in [6.07, 6.45) is 0. The van der Waals surface area contributed by atoms with Gasteiger partial charge in [0.2, 0.25) is 15.8 Å². The van der Waals surface area contributed by atoms with Gasteiger partial charge in [0.25, 0.3) is 0 Å². The molecule has 0 aromatic heterocycles. The van der Waals surface area contributed by atoms with Crippen molar-refractivity contribution in [1.82, 2.24) is 4.31 Å². The summed E-state index contributed by atoms with van der Waals surface area (Å²) in [6.45, 7) is 3.22. The fourth-order valence-corrected chi connectivity index (χ4v) is 3.24. The van der Waals surface area contributed by atoms with Crippen molar-refractivity contribution in [2.24, 2.45) is 5.92 Å². The van der Waals surface area contributed by atoms with E-state index < -0.39 is 32.4 Å². The second-order valence-corrected chi connectivity index (χ2v) is 6.29. The maximum absolute atomic E-state index is 13.6. The molecular formula is C12H14FN3O4S. The van der Waals surface area contributed by atoms with E-state index in [1.54, 1.807) is 13.8 Å². The van der Waals surface area contributed by atoms with Crippen molar-refractivity contribution >= 4 is 15.7 Å². The third kappa shape index (κ3) is 3.74. The first-order valence-corrected chi connectivity index (χ1v) is 7.51. The highest BCUT2D eigenvalue weighted by molar-refractivity contribution is 7.89. The van der Waals surface area contributed by atoms with Crippen LogP contribution in [0.2, 0.25) is 0 Å². The molecule has 0 saturated heterocycles. The van der Waals surface area contributed by atoms with Gasteiger partial charge in [-0.25, -0.2) is 8.42 Å². The normalized spacial score (nSPS) is 12.9. The van der Waals surface area contributed by atoms with Crippen molar-refractivity contribution in [3.8, 4) is 6.07 Å². The molecule has 0 aliphatic carbocycles. The molecule has 0 amide bonds. The number of nitro benzene ring substituents is 1. The van der Waals surface area contributed by atoms with Gasteiger partial charge in [-0.2, -0.15) is 14.0 Å². The molecule has 1 atom stereocenters. The molecule has 0 heterocycles. The molecule has 7 nitrogen and oxygen atoms in total. The van der Waals surface area contributed by atoms with Crippen molar-refractivity contribution in [1.29, 1.82) is 5.26 Å². The van der Waals surface area contributed by atoms with Crippen LogP contribution in [0.5, 0.6) is 0 Å². The number of halogens is 1. The second kappa shape index (κ2) is 6.60. The first kappa shape index (κ1) is 17.0. The van der Waals surface area contributed by atoms with E-state index in [1.165, 1.54) is 0 Å². The number of benzene rings is 1. The molecule has 0 aliphatic heterocycles. The zero-order valence-corrected chi connectivity index (χ0v) is 12.3. The van der Waals surface area contributed by atoms with Crippen LogP contribution in [0.15, 0.2) is 23.1 Å². The summed E-state index contributed by atoms with van der Waals surface area (Å²) in [4.78, 5) is 9.22. The summed E-state index contributed by atoms with van der Waals surface area (Å²) in [6, 6.07) is 4.33. The Balaban J connectivity index is 3.21. The van der Waals surface area contributed by atoms with Crippen LogP contribution in [0.4, 0.5) is 10.1 Å². The molecule has 1 aromatic carbocycles. The molecule has 0 radical (unpaired) electrons. The lowest BCUT2D eigenvalue weighted by Gasteiger charge is -2.21. The van der Waals surface area contributed by atoms with Gasteiger partial charge in [-0.15, -0.1) is 0 Å². The molecule has 0 aliphatic rings. The molecule has 0 N–H and O–H groups in total. The van der Waals surface area contributed by atoms with E-state index in [0.29, 0.717) is 6.07 Å². The van der Waals surface area contributed by atoms with Crippen LogP contribution < -0.4 is 0 Å². The lowest BCUT2D eigenvalue weighted by molar-refractivity contribution is -0.387. The molecule has 0 saturated carbocycles. The van der Waals surface area contributed by atoms with Gasteiger partial charge < -0.3 is 0 Å². The van der Waals surface area contributed by atoms with Crippen molar-refractivity contribution < 1.29 is 17.7 Å². The van der Waals surface area contributed by atoms with E-state index >= 15 is 0 Å². The van der Waals surface area contributed by atoms with Gasteiger partial charge >= 0.3 is 5.69 Å². The Bertz CT molecular complexity index is 684. The smallest absolute Gasteiger partial charge is 0.258 e. The summed E-state index contributed by atoms with van der Waals surface area (Å²) in [5, 5.41) is 19.3. The molecule has 0 bridgehead atoms. The molecule has 1 unspecified atom stereocenters. The molecule has 21 heavy (non-hydrogen) atoms. The fraction of sp³-hybridized carbons (Fsp3) is 0.417. The molecule has 0 spiro atoms. The Morgan fingerprint density at radius 2 is 2.14 bits per heavy atom. The SMILES string of the molecule is CCN(CC(C)C#N)S(=O)(=O)c1ccc([N+](=O)[O-])c(F)c1. The van der Waals surface area contributed by atoms with Gasteiger partial charge in [-0.05, 0) is 13.0 Å². The summed E-state index contributed by atoms with van der Waals surface area (Å²) >= 11 is 0. The van der Waals surface area contributed by atoms with Crippen molar-refractivity contribution in [3.05, 3.63) is 34.1 Å². The Hall–Kier alpha value is -2.05. The molecule has 9 heteroatoms. The quantitative estimate of drug-likeness (QED) is 0.589. The highest BCUT2D eigenvalue weighted by Gasteiger charge is 2.27. The van der Waals surface area contributed by atoms with Crippen molar-refractivity contribution in [2.75, 3.05) is 13.1 Å². The van der Waals surface area contributed by atoms with Crippen LogP contribution in [-0.4, -0.2) is 30.7 Å². The number of hydrogen-bond acceptors (Lipinski definition) is 5. The fourth-order valence-electron chi connectivity index (χ4n) is 1.69. The van der Waals surface area contributed by atoms with Crippen LogP contribution >= 0.6 is 0 Å². The topological polar surface area (TPSA) is 104 Å².